The molecule has 0 aliphatic rings. The van der Waals surface area contributed by atoms with E-state index >= 15 is 0 Å². The lowest BCUT2D eigenvalue weighted by Crippen LogP contribution is -3.00. The molecule has 0 aromatic heterocycles. The van der Waals surface area contributed by atoms with E-state index in [9.17, 15) is 0 Å². The second-order valence-electron chi connectivity index (χ2n) is 9.33. The van der Waals surface area contributed by atoms with Crippen molar-refractivity contribution in [3.63, 3.8) is 0 Å². The van der Waals surface area contributed by atoms with Crippen molar-refractivity contribution < 1.29 is 24.0 Å². The molecule has 0 amide bonds. The molecule has 32 heavy (non-hydrogen) atoms. The average molecular weight is 550 g/mol. The summed E-state index contributed by atoms with van der Waals surface area (Å²) < 4.78 is 1.02. The van der Waals surface area contributed by atoms with E-state index in [-0.39, 0.29) is 24.0 Å². The lowest BCUT2D eigenvalue weighted by Gasteiger charge is -2.38. The van der Waals surface area contributed by atoms with Gasteiger partial charge in [-0.3, -0.25) is 4.48 Å². The van der Waals surface area contributed by atoms with Gasteiger partial charge in [0.05, 0.1) is 13.1 Å². The highest BCUT2D eigenvalue weighted by Gasteiger charge is 2.32. The normalized spacial score (nSPS) is 11.3. The SMILES string of the molecule is CCCCCCCCC[N+](CCCCCCCCC)(c1ccccc1)c1ccccc1.[I-]. The lowest BCUT2D eigenvalue weighted by molar-refractivity contribution is -0.00000658. The van der Waals surface area contributed by atoms with Crippen LogP contribution < -0.4 is 28.5 Å². The molecular weight excluding hydrogens is 501 g/mol. The van der Waals surface area contributed by atoms with Crippen LogP contribution in [-0.4, -0.2) is 13.1 Å². The molecule has 2 aromatic rings. The van der Waals surface area contributed by atoms with Crippen LogP contribution in [0, 0.1) is 0 Å². The van der Waals surface area contributed by atoms with E-state index in [1.165, 1.54) is 114 Å². The minimum atomic E-state index is 0. The van der Waals surface area contributed by atoms with Crippen molar-refractivity contribution in [2.24, 2.45) is 0 Å². The fourth-order valence-electron chi connectivity index (χ4n) is 4.88. The number of halogens is 1. The van der Waals surface area contributed by atoms with Crippen LogP contribution in [0.3, 0.4) is 0 Å². The van der Waals surface area contributed by atoms with Crippen LogP contribution in [0.1, 0.15) is 104 Å². The van der Waals surface area contributed by atoms with Crippen molar-refractivity contribution in [2.45, 2.75) is 104 Å². The van der Waals surface area contributed by atoms with Crippen LogP contribution in [0.15, 0.2) is 60.7 Å². The molecule has 2 heteroatoms. The van der Waals surface area contributed by atoms with E-state index < -0.39 is 0 Å². The molecule has 0 unspecified atom stereocenters. The Morgan fingerprint density at radius 2 is 0.750 bits per heavy atom. The molecule has 1 nitrogen and oxygen atoms in total. The van der Waals surface area contributed by atoms with Gasteiger partial charge in [-0.2, -0.15) is 0 Å². The van der Waals surface area contributed by atoms with Gasteiger partial charge in [-0.05, 0) is 49.9 Å². The number of benzene rings is 2. The molecule has 0 heterocycles. The van der Waals surface area contributed by atoms with Crippen molar-refractivity contribution in [3.8, 4) is 0 Å². The number of quaternary nitrogens is 1. The number of rotatable bonds is 18. The molecule has 0 aliphatic heterocycles. The zero-order valence-electron chi connectivity index (χ0n) is 20.9. The smallest absolute Gasteiger partial charge is 0.137 e. The van der Waals surface area contributed by atoms with E-state index in [1.807, 2.05) is 0 Å². The summed E-state index contributed by atoms with van der Waals surface area (Å²) in [5.41, 5.74) is 2.93. The molecule has 0 aliphatic carbocycles. The Morgan fingerprint density at radius 3 is 1.09 bits per heavy atom. The van der Waals surface area contributed by atoms with E-state index in [1.54, 1.807) is 0 Å². The summed E-state index contributed by atoms with van der Waals surface area (Å²) in [6, 6.07) is 22.6. The number of para-hydroxylation sites is 2. The molecule has 0 spiro atoms. The van der Waals surface area contributed by atoms with Gasteiger partial charge in [0.15, 0.2) is 0 Å². The first-order valence-electron chi connectivity index (χ1n) is 13.3. The van der Waals surface area contributed by atoms with Crippen LogP contribution >= 0.6 is 0 Å². The summed E-state index contributed by atoms with van der Waals surface area (Å²) in [5, 5.41) is 0. The van der Waals surface area contributed by atoms with Crippen LogP contribution in [-0.2, 0) is 0 Å². The molecule has 2 aromatic carbocycles. The largest absolute Gasteiger partial charge is 1.00 e. The Balaban J connectivity index is 0.00000512. The maximum atomic E-state index is 2.36. The quantitative estimate of drug-likeness (QED) is 0.109. The predicted octanol–water partition coefficient (Wildman–Crippen LogP) is 6.83. The highest BCUT2D eigenvalue weighted by Crippen LogP contribution is 2.36. The third kappa shape index (κ3) is 10.4. The topological polar surface area (TPSA) is 0 Å². The Morgan fingerprint density at radius 1 is 0.438 bits per heavy atom. The van der Waals surface area contributed by atoms with Crippen LogP contribution in [0.25, 0.3) is 0 Å². The maximum absolute atomic E-state index is 2.36. The molecule has 2 rings (SSSR count). The van der Waals surface area contributed by atoms with Gasteiger partial charge >= 0.3 is 0 Å². The van der Waals surface area contributed by atoms with Crippen LogP contribution in [0.5, 0.6) is 0 Å². The van der Waals surface area contributed by atoms with Gasteiger partial charge < -0.3 is 24.0 Å². The Kier molecular flexibility index (Phi) is 16.9. The van der Waals surface area contributed by atoms with E-state index in [0.717, 1.165) is 4.48 Å². The summed E-state index contributed by atoms with van der Waals surface area (Å²) in [7, 11) is 0. The molecule has 0 saturated heterocycles. The average Bonchev–Trinajstić information content (AvgIpc) is 2.83. The van der Waals surface area contributed by atoms with Gasteiger partial charge in [-0.15, -0.1) is 0 Å². The molecule has 0 fully saturated rings. The zero-order chi connectivity index (χ0) is 22.0. The number of unbranched alkanes of at least 4 members (excludes halogenated alkanes) is 12. The van der Waals surface area contributed by atoms with E-state index in [0.29, 0.717) is 0 Å². The molecule has 0 saturated carbocycles. The molecule has 0 N–H and O–H groups in total. The number of hydrogen-bond donors (Lipinski definition) is 0. The Labute approximate surface area is 216 Å². The minimum Gasteiger partial charge on any atom is -1.00 e. The standard InChI is InChI=1S/C30H48N.HI/c1-3-5-7-9-11-13-21-27-31(29-23-17-15-18-24-29,30-25-19-16-20-26-30)28-22-14-12-10-8-6-4-2;/h15-20,23-26H,3-14,21-22,27-28H2,1-2H3;1H/q+1;/p-1. The van der Waals surface area contributed by atoms with Gasteiger partial charge in [0.2, 0.25) is 0 Å². The summed E-state index contributed by atoms with van der Waals surface area (Å²) in [4.78, 5) is 0. The van der Waals surface area contributed by atoms with Gasteiger partial charge in [-0.25, -0.2) is 0 Å². The number of nitrogens with zero attached hydrogens (tertiary/aromatic N) is 1. The molecule has 0 atom stereocenters. The van der Waals surface area contributed by atoms with Crippen molar-refractivity contribution >= 4 is 11.4 Å². The summed E-state index contributed by atoms with van der Waals surface area (Å²) in [6.07, 6.45) is 19.2. The lowest BCUT2D eigenvalue weighted by atomic mass is 10.0. The summed E-state index contributed by atoms with van der Waals surface area (Å²) in [5.74, 6) is 0. The third-order valence-electron chi connectivity index (χ3n) is 6.79. The fourth-order valence-corrected chi connectivity index (χ4v) is 4.88. The van der Waals surface area contributed by atoms with Crippen molar-refractivity contribution in [1.82, 2.24) is 4.48 Å². The first-order valence-corrected chi connectivity index (χ1v) is 13.3. The van der Waals surface area contributed by atoms with Gasteiger partial charge in [0, 0.05) is 0 Å². The summed E-state index contributed by atoms with van der Waals surface area (Å²) in [6.45, 7) is 7.04. The van der Waals surface area contributed by atoms with Crippen LogP contribution in [0.4, 0.5) is 11.4 Å². The zero-order valence-corrected chi connectivity index (χ0v) is 23.1. The Hall–Kier alpha value is -0.870. The highest BCUT2D eigenvalue weighted by atomic mass is 127. The van der Waals surface area contributed by atoms with Crippen LogP contribution in [0.2, 0.25) is 0 Å². The van der Waals surface area contributed by atoms with Crippen molar-refractivity contribution in [2.75, 3.05) is 13.1 Å². The van der Waals surface area contributed by atoms with Gasteiger partial charge in [0.1, 0.15) is 11.4 Å². The Bertz CT molecular complexity index is 596. The van der Waals surface area contributed by atoms with Crippen molar-refractivity contribution in [1.29, 1.82) is 0 Å². The summed E-state index contributed by atoms with van der Waals surface area (Å²) >= 11 is 0. The highest BCUT2D eigenvalue weighted by molar-refractivity contribution is 5.58. The molecular formula is C30H48IN. The molecule has 180 valence electrons. The second kappa shape index (κ2) is 18.5. The first-order chi connectivity index (χ1) is 15.3. The maximum Gasteiger partial charge on any atom is 0.137 e. The van der Waals surface area contributed by atoms with Gasteiger partial charge in [0.25, 0.3) is 0 Å². The fraction of sp³-hybridized carbons (Fsp3) is 0.600. The van der Waals surface area contributed by atoms with E-state index in [2.05, 4.69) is 74.5 Å². The predicted molar refractivity (Wildman–Crippen MR) is 140 cm³/mol. The van der Waals surface area contributed by atoms with Crippen molar-refractivity contribution in [3.05, 3.63) is 60.7 Å². The molecule has 0 bridgehead atoms. The molecule has 0 radical (unpaired) electrons. The first kappa shape index (κ1) is 29.2. The monoisotopic (exact) mass is 549 g/mol. The third-order valence-corrected chi connectivity index (χ3v) is 6.79. The minimum absolute atomic E-state index is 0. The van der Waals surface area contributed by atoms with E-state index in [4.69, 9.17) is 0 Å². The second-order valence-corrected chi connectivity index (χ2v) is 9.33. The van der Waals surface area contributed by atoms with Gasteiger partial charge in [-0.1, -0.05) is 114 Å². The number of hydrogen-bond acceptors (Lipinski definition) is 0.